The van der Waals surface area contributed by atoms with E-state index in [1.54, 1.807) is 12.1 Å². The number of hydrogen-bond acceptors (Lipinski definition) is 7. The Balaban J connectivity index is 1.47. The van der Waals surface area contributed by atoms with Crippen molar-refractivity contribution in [3.05, 3.63) is 41.1 Å². The molecule has 0 aromatic heterocycles. The molecule has 8 nitrogen and oxygen atoms in total. The minimum absolute atomic E-state index is 0.0766. The van der Waals surface area contributed by atoms with Gasteiger partial charge in [-0.05, 0) is 24.1 Å². The molecule has 1 aromatic carbocycles. The minimum atomic E-state index is -0.961. The number of β-lactam (4-membered cyclic amide) rings is 1. The molecule has 0 spiro atoms. The zero-order chi connectivity index (χ0) is 19.3. The first-order valence-corrected chi connectivity index (χ1v) is 9.70. The van der Waals surface area contributed by atoms with E-state index in [2.05, 4.69) is 5.32 Å². The number of nitrogens with one attached hydrogen (secondary N) is 1. The van der Waals surface area contributed by atoms with E-state index in [1.165, 1.54) is 28.8 Å². The molecule has 0 aliphatic carbocycles. The highest BCUT2D eigenvalue weighted by molar-refractivity contribution is 8.00. The van der Waals surface area contributed by atoms with Gasteiger partial charge in [0, 0.05) is 11.3 Å². The van der Waals surface area contributed by atoms with Crippen molar-refractivity contribution in [1.82, 2.24) is 10.2 Å². The number of nitrogens with zero attached hydrogens (tertiary/aromatic N) is 1. The SMILES string of the molecule is CCC1OC(=O)C2=C1CS[C@@H]1[C@H](NC(=O)[C@H](N)c3ccc(O)cc3)C(=O)N21. The second kappa shape index (κ2) is 6.58. The van der Waals surface area contributed by atoms with Gasteiger partial charge in [-0.3, -0.25) is 14.5 Å². The van der Waals surface area contributed by atoms with Crippen LogP contribution in [0.25, 0.3) is 0 Å². The van der Waals surface area contributed by atoms with Crippen molar-refractivity contribution in [3.8, 4) is 5.75 Å². The van der Waals surface area contributed by atoms with Crippen LogP contribution in [0.1, 0.15) is 24.9 Å². The van der Waals surface area contributed by atoms with Gasteiger partial charge in [-0.1, -0.05) is 19.1 Å². The third-order valence-corrected chi connectivity index (χ3v) is 6.33. The van der Waals surface area contributed by atoms with Crippen LogP contribution in [0.2, 0.25) is 0 Å². The molecule has 1 aromatic rings. The average molecular weight is 389 g/mol. The zero-order valence-corrected chi connectivity index (χ0v) is 15.4. The normalized spacial score (nSPS) is 27.5. The lowest BCUT2D eigenvalue weighted by molar-refractivity contribution is -0.151. The van der Waals surface area contributed by atoms with Crippen molar-refractivity contribution in [1.29, 1.82) is 0 Å². The van der Waals surface area contributed by atoms with Crippen LogP contribution in [0.5, 0.6) is 5.75 Å². The molecule has 1 unspecified atom stereocenters. The number of thioether (sulfide) groups is 1. The van der Waals surface area contributed by atoms with E-state index in [-0.39, 0.29) is 23.1 Å². The Morgan fingerprint density at radius 2 is 2.11 bits per heavy atom. The highest BCUT2D eigenvalue weighted by atomic mass is 32.2. The molecule has 2 amide bonds. The fraction of sp³-hybridized carbons (Fsp3) is 0.389. The minimum Gasteiger partial charge on any atom is -0.508 e. The lowest BCUT2D eigenvalue weighted by Crippen LogP contribution is -2.70. The molecule has 27 heavy (non-hydrogen) atoms. The average Bonchev–Trinajstić information content (AvgIpc) is 3.00. The Morgan fingerprint density at radius 3 is 2.78 bits per heavy atom. The van der Waals surface area contributed by atoms with Crippen molar-refractivity contribution < 1.29 is 24.2 Å². The number of nitrogens with two attached hydrogens (primary N) is 1. The number of phenols is 1. The van der Waals surface area contributed by atoms with E-state index in [4.69, 9.17) is 10.5 Å². The van der Waals surface area contributed by atoms with Crippen molar-refractivity contribution in [2.45, 2.75) is 36.9 Å². The van der Waals surface area contributed by atoms with Gasteiger partial charge in [0.05, 0.1) is 0 Å². The van der Waals surface area contributed by atoms with Crippen LogP contribution in [0.15, 0.2) is 35.5 Å². The third-order valence-electron chi connectivity index (χ3n) is 5.03. The summed E-state index contributed by atoms with van der Waals surface area (Å²) in [6, 6.07) is 4.31. The summed E-state index contributed by atoms with van der Waals surface area (Å²) < 4.78 is 5.33. The van der Waals surface area contributed by atoms with Gasteiger partial charge in [0.25, 0.3) is 5.91 Å². The Labute approximate surface area is 159 Å². The number of rotatable bonds is 4. The lowest BCUT2D eigenvalue weighted by atomic mass is 10.0. The zero-order valence-electron chi connectivity index (χ0n) is 14.5. The molecule has 4 N–H and O–H groups in total. The monoisotopic (exact) mass is 389 g/mol. The summed E-state index contributed by atoms with van der Waals surface area (Å²) in [5.41, 5.74) is 7.68. The van der Waals surface area contributed by atoms with Crippen LogP contribution in [0.3, 0.4) is 0 Å². The van der Waals surface area contributed by atoms with Crippen molar-refractivity contribution in [2.75, 3.05) is 5.75 Å². The Morgan fingerprint density at radius 1 is 1.41 bits per heavy atom. The maximum Gasteiger partial charge on any atom is 0.355 e. The quantitative estimate of drug-likeness (QED) is 0.503. The predicted octanol–water partition coefficient (Wildman–Crippen LogP) is 0.381. The first-order chi connectivity index (χ1) is 12.9. The van der Waals surface area contributed by atoms with E-state index in [9.17, 15) is 19.5 Å². The number of hydrogen-bond donors (Lipinski definition) is 3. The predicted molar refractivity (Wildman–Crippen MR) is 97.3 cm³/mol. The number of benzene rings is 1. The summed E-state index contributed by atoms with van der Waals surface area (Å²) in [6.07, 6.45) is 0.393. The van der Waals surface area contributed by atoms with Gasteiger partial charge >= 0.3 is 5.97 Å². The van der Waals surface area contributed by atoms with Gasteiger partial charge in [0.2, 0.25) is 5.91 Å². The second-order valence-electron chi connectivity index (χ2n) is 6.64. The summed E-state index contributed by atoms with van der Waals surface area (Å²) in [5.74, 6) is -0.627. The van der Waals surface area contributed by atoms with Crippen LogP contribution in [0.4, 0.5) is 0 Å². The van der Waals surface area contributed by atoms with Crippen molar-refractivity contribution >= 4 is 29.5 Å². The fourth-order valence-electron chi connectivity index (χ4n) is 3.54. The van der Waals surface area contributed by atoms with E-state index in [1.807, 2.05) is 6.92 Å². The van der Waals surface area contributed by atoms with Gasteiger partial charge in [0.15, 0.2) is 0 Å². The van der Waals surface area contributed by atoms with Crippen LogP contribution >= 0.6 is 11.8 Å². The van der Waals surface area contributed by atoms with Crippen LogP contribution in [-0.2, 0) is 19.1 Å². The number of ether oxygens (including phenoxy) is 1. The number of amides is 2. The smallest absolute Gasteiger partial charge is 0.355 e. The summed E-state index contributed by atoms with van der Waals surface area (Å²) in [4.78, 5) is 38.6. The molecule has 4 atom stereocenters. The van der Waals surface area contributed by atoms with Gasteiger partial charge in [-0.25, -0.2) is 4.79 Å². The summed E-state index contributed by atoms with van der Waals surface area (Å²) in [6.45, 7) is 1.93. The molecule has 3 aliphatic rings. The molecular formula is C18H19N3O5S. The van der Waals surface area contributed by atoms with Gasteiger partial charge in [-0.15, -0.1) is 11.8 Å². The van der Waals surface area contributed by atoms with Crippen molar-refractivity contribution in [3.63, 3.8) is 0 Å². The standard InChI is InChI=1S/C18H19N3O5S/c1-2-11-10-7-27-17-13(16(24)21(17)14(10)18(25)26-11)20-15(23)12(19)8-3-5-9(22)6-4-8/h3-6,11-13,17,22H,2,7,19H2,1H3,(H,20,23)/t11?,12-,13-,17-/m1/s1. The van der Waals surface area contributed by atoms with Crippen LogP contribution in [-0.4, -0.2) is 51.1 Å². The molecule has 1 saturated heterocycles. The molecule has 142 valence electrons. The van der Waals surface area contributed by atoms with Gasteiger partial charge in [-0.2, -0.15) is 0 Å². The highest BCUT2D eigenvalue weighted by Gasteiger charge is 2.57. The number of carbonyl (C=O) groups is 3. The first-order valence-electron chi connectivity index (χ1n) is 8.66. The number of phenolic OH excluding ortho intramolecular Hbond substituents is 1. The molecule has 0 bridgehead atoms. The third kappa shape index (κ3) is 2.78. The number of fused-ring (bicyclic) bond motifs is 2. The Hall–Kier alpha value is -2.52. The topological polar surface area (TPSA) is 122 Å². The molecule has 9 heteroatoms. The van der Waals surface area contributed by atoms with Crippen LogP contribution < -0.4 is 11.1 Å². The van der Waals surface area contributed by atoms with E-state index in [0.29, 0.717) is 23.4 Å². The molecular weight excluding hydrogens is 370 g/mol. The molecule has 3 heterocycles. The maximum atomic E-state index is 12.6. The van der Waals surface area contributed by atoms with Gasteiger partial charge < -0.3 is 20.9 Å². The lowest BCUT2D eigenvalue weighted by Gasteiger charge is -2.48. The largest absolute Gasteiger partial charge is 0.508 e. The molecule has 4 rings (SSSR count). The van der Waals surface area contributed by atoms with E-state index >= 15 is 0 Å². The molecule has 3 aliphatic heterocycles. The summed E-state index contributed by atoms with van der Waals surface area (Å²) in [7, 11) is 0. The van der Waals surface area contributed by atoms with Gasteiger partial charge in [0.1, 0.15) is 35.0 Å². The van der Waals surface area contributed by atoms with Crippen molar-refractivity contribution in [2.24, 2.45) is 5.73 Å². The van der Waals surface area contributed by atoms with E-state index in [0.717, 1.165) is 5.57 Å². The number of esters is 1. The fourth-order valence-corrected chi connectivity index (χ4v) is 4.95. The van der Waals surface area contributed by atoms with Crippen LogP contribution in [0, 0.1) is 0 Å². The first kappa shape index (κ1) is 17.9. The number of aromatic hydroxyl groups is 1. The maximum absolute atomic E-state index is 12.6. The summed E-state index contributed by atoms with van der Waals surface area (Å²) in [5, 5.41) is 11.7. The summed E-state index contributed by atoms with van der Waals surface area (Å²) >= 11 is 1.50. The molecule has 0 radical (unpaired) electrons. The molecule has 0 saturated carbocycles. The second-order valence-corrected chi connectivity index (χ2v) is 7.75. The molecule has 1 fully saturated rings. The Kier molecular flexibility index (Phi) is 4.35. The Bertz CT molecular complexity index is 853. The highest BCUT2D eigenvalue weighted by Crippen LogP contribution is 2.44. The van der Waals surface area contributed by atoms with E-state index < -0.39 is 24.0 Å². The number of carbonyl (C=O) groups excluding carboxylic acids is 3. The number of cyclic esters (lactones) is 1.